The van der Waals surface area contributed by atoms with Gasteiger partial charge in [-0.1, -0.05) is 0 Å². The predicted molar refractivity (Wildman–Crippen MR) is 129 cm³/mol. The maximum Gasteiger partial charge on any atom is 0.0187 e. The normalized spacial score (nSPS) is 10.7. The second-order valence-corrected chi connectivity index (χ2v) is 9.38. The van der Waals surface area contributed by atoms with Crippen molar-refractivity contribution < 1.29 is 0 Å². The van der Waals surface area contributed by atoms with Crippen LogP contribution in [0.5, 0.6) is 0 Å². The molecule has 2 aromatic rings. The summed E-state index contributed by atoms with van der Waals surface area (Å²) in [5.74, 6) is 1.14. The van der Waals surface area contributed by atoms with E-state index in [1.807, 2.05) is 23.5 Å². The Kier molecular flexibility index (Phi) is 9.02. The molecule has 0 saturated carbocycles. The van der Waals surface area contributed by atoms with Crippen LogP contribution in [-0.4, -0.2) is 12.5 Å². The summed E-state index contributed by atoms with van der Waals surface area (Å²) in [6.07, 6.45) is 4.33. The van der Waals surface area contributed by atoms with Crippen LogP contribution < -0.4 is 0 Å². The van der Waals surface area contributed by atoms with Crippen molar-refractivity contribution in [1.82, 2.24) is 0 Å². The van der Waals surface area contributed by atoms with E-state index in [1.165, 1.54) is 66.1 Å². The van der Waals surface area contributed by atoms with E-state index >= 15 is 0 Å². The van der Waals surface area contributed by atoms with E-state index < -0.39 is 0 Å². The molecule has 2 heteroatoms. The first-order valence-corrected chi connectivity index (χ1v) is 12.3. The zero-order valence-corrected chi connectivity index (χ0v) is 21.2. The molecule has 0 fully saturated rings. The fraction of sp³-hybridized carbons (Fsp3) is 0.520. The van der Waals surface area contributed by atoms with Crippen molar-refractivity contribution in [2.45, 2.75) is 79.9 Å². The van der Waals surface area contributed by atoms with E-state index in [0.29, 0.717) is 0 Å². The Morgan fingerprint density at radius 1 is 0.444 bits per heavy atom. The lowest BCUT2D eigenvalue weighted by molar-refractivity contribution is 1.09. The summed E-state index contributed by atoms with van der Waals surface area (Å²) < 4.78 is 0. The Morgan fingerprint density at radius 2 is 0.741 bits per heavy atom. The first-order valence-electron chi connectivity index (χ1n) is 9.66. The maximum atomic E-state index is 2.25. The van der Waals surface area contributed by atoms with Gasteiger partial charge in [-0.15, -0.1) is 11.8 Å². The Bertz CT molecular complexity index is 771. The van der Waals surface area contributed by atoms with E-state index in [2.05, 4.69) is 81.7 Å². The molecule has 0 unspecified atom stereocenters. The summed E-state index contributed by atoms with van der Waals surface area (Å²) in [6, 6.07) is 0. The highest BCUT2D eigenvalue weighted by Crippen LogP contribution is 2.32. The van der Waals surface area contributed by atoms with Crippen LogP contribution in [0.3, 0.4) is 0 Å². The van der Waals surface area contributed by atoms with Crippen LogP contribution >= 0.6 is 23.5 Å². The van der Waals surface area contributed by atoms with Gasteiger partial charge in [-0.25, -0.2) is 0 Å². The van der Waals surface area contributed by atoms with E-state index in [0.717, 1.165) is 5.75 Å². The third-order valence-corrected chi connectivity index (χ3v) is 8.18. The minimum absolute atomic E-state index is 1.14. The predicted octanol–water partition coefficient (Wildman–Crippen LogP) is 8.04. The number of hydrogen-bond donors (Lipinski definition) is 0. The van der Waals surface area contributed by atoms with Gasteiger partial charge >= 0.3 is 0 Å². The van der Waals surface area contributed by atoms with Crippen molar-refractivity contribution in [2.24, 2.45) is 0 Å². The third-order valence-electron chi connectivity index (χ3n) is 6.58. The zero-order valence-electron chi connectivity index (χ0n) is 19.5. The monoisotopic (exact) mass is 402 g/mol. The van der Waals surface area contributed by atoms with E-state index in [-0.39, 0.29) is 0 Å². The van der Waals surface area contributed by atoms with Gasteiger partial charge in [0.15, 0.2) is 0 Å². The van der Waals surface area contributed by atoms with Crippen LogP contribution in [0.15, 0.2) is 4.90 Å². The van der Waals surface area contributed by atoms with Crippen LogP contribution in [-0.2, 0) is 5.75 Å². The van der Waals surface area contributed by atoms with Gasteiger partial charge < -0.3 is 0 Å². The highest BCUT2D eigenvalue weighted by molar-refractivity contribution is 7.98. The van der Waals surface area contributed by atoms with Gasteiger partial charge in [0, 0.05) is 10.6 Å². The fourth-order valence-electron chi connectivity index (χ4n) is 3.71. The zero-order chi connectivity index (χ0) is 21.0. The standard InChI is InChI=1S/C13H20S.C12H18S/c1-8-9(2)11(4)13(7-14-6)12(5)10(8)3;1-7-8(2)10(4)12(13-6)11(5)9(7)3/h7H2,1-6H3;1-6H3. The molecule has 0 amide bonds. The lowest BCUT2D eigenvalue weighted by atomic mass is 9.90. The minimum atomic E-state index is 1.14. The lowest BCUT2D eigenvalue weighted by Crippen LogP contribution is -2.01. The van der Waals surface area contributed by atoms with Gasteiger partial charge in [0.1, 0.15) is 0 Å². The quantitative estimate of drug-likeness (QED) is 0.476. The molecule has 150 valence electrons. The van der Waals surface area contributed by atoms with Crippen LogP contribution in [0, 0.1) is 69.2 Å². The highest BCUT2D eigenvalue weighted by atomic mass is 32.2. The van der Waals surface area contributed by atoms with Crippen LogP contribution in [0.1, 0.15) is 61.2 Å². The summed E-state index contributed by atoms with van der Waals surface area (Å²) in [5, 5.41) is 0. The van der Waals surface area contributed by atoms with Gasteiger partial charge in [0.2, 0.25) is 0 Å². The average molecular weight is 403 g/mol. The molecule has 0 spiro atoms. The van der Waals surface area contributed by atoms with E-state index in [4.69, 9.17) is 0 Å². The fourth-order valence-corrected chi connectivity index (χ4v) is 5.35. The van der Waals surface area contributed by atoms with Gasteiger partial charge in [-0.3, -0.25) is 0 Å². The Hall–Kier alpha value is -0.860. The molecule has 0 nitrogen and oxygen atoms in total. The Morgan fingerprint density at radius 3 is 1.04 bits per heavy atom. The smallest absolute Gasteiger partial charge is 0.0187 e. The van der Waals surface area contributed by atoms with Crippen molar-refractivity contribution in [1.29, 1.82) is 0 Å². The molecular formula is C25H38S2. The molecule has 0 aliphatic carbocycles. The van der Waals surface area contributed by atoms with Crippen LogP contribution in [0.25, 0.3) is 0 Å². The number of rotatable bonds is 3. The van der Waals surface area contributed by atoms with E-state index in [1.54, 1.807) is 0 Å². The Labute approximate surface area is 176 Å². The summed E-state index contributed by atoms with van der Waals surface area (Å²) >= 11 is 3.77. The lowest BCUT2D eigenvalue weighted by Gasteiger charge is -2.17. The molecule has 0 N–H and O–H groups in total. The van der Waals surface area contributed by atoms with E-state index in [9.17, 15) is 0 Å². The first-order chi connectivity index (χ1) is 12.5. The van der Waals surface area contributed by atoms with Crippen molar-refractivity contribution in [3.8, 4) is 0 Å². The van der Waals surface area contributed by atoms with Gasteiger partial charge in [-0.05, 0) is 143 Å². The summed E-state index contributed by atoms with van der Waals surface area (Å²) in [5.41, 5.74) is 16.2. The van der Waals surface area contributed by atoms with Crippen molar-refractivity contribution in [3.63, 3.8) is 0 Å². The van der Waals surface area contributed by atoms with Gasteiger partial charge in [0.05, 0.1) is 0 Å². The highest BCUT2D eigenvalue weighted by Gasteiger charge is 2.11. The molecule has 0 atom stereocenters. The molecule has 0 heterocycles. The molecule has 2 aromatic carbocycles. The number of thioether (sulfide) groups is 2. The molecule has 0 saturated heterocycles. The topological polar surface area (TPSA) is 0 Å². The maximum absolute atomic E-state index is 2.25. The van der Waals surface area contributed by atoms with Crippen LogP contribution in [0.2, 0.25) is 0 Å². The van der Waals surface area contributed by atoms with Crippen LogP contribution in [0.4, 0.5) is 0 Å². The first kappa shape index (κ1) is 24.2. The molecule has 0 aromatic heterocycles. The second kappa shape index (κ2) is 10.1. The number of hydrogen-bond acceptors (Lipinski definition) is 2. The van der Waals surface area contributed by atoms with Crippen molar-refractivity contribution in [2.75, 3.05) is 12.5 Å². The number of benzene rings is 2. The average Bonchev–Trinajstić information content (AvgIpc) is 2.66. The second-order valence-electron chi connectivity index (χ2n) is 7.69. The molecule has 2 rings (SSSR count). The molecule has 27 heavy (non-hydrogen) atoms. The largest absolute Gasteiger partial charge is 0.161 e. The molecule has 0 radical (unpaired) electrons. The summed E-state index contributed by atoms with van der Waals surface area (Å²) in [4.78, 5) is 1.46. The molecule has 0 bridgehead atoms. The summed E-state index contributed by atoms with van der Waals surface area (Å²) in [7, 11) is 0. The molecule has 0 aliphatic rings. The molecular weight excluding hydrogens is 364 g/mol. The van der Waals surface area contributed by atoms with Crippen molar-refractivity contribution >= 4 is 23.5 Å². The van der Waals surface area contributed by atoms with Gasteiger partial charge in [0.25, 0.3) is 0 Å². The minimum Gasteiger partial charge on any atom is -0.161 e. The Balaban J connectivity index is 0.000000271. The molecule has 0 aliphatic heterocycles. The third kappa shape index (κ3) is 4.95. The van der Waals surface area contributed by atoms with Gasteiger partial charge in [-0.2, -0.15) is 11.8 Å². The van der Waals surface area contributed by atoms with Crippen molar-refractivity contribution in [3.05, 3.63) is 61.2 Å². The SMILES string of the molecule is CSCc1c(C)c(C)c(C)c(C)c1C.CSc1c(C)c(C)c(C)c(C)c1C. The summed E-state index contributed by atoms with van der Waals surface area (Å²) in [6.45, 7) is 22.3.